The Bertz CT molecular complexity index is 949. The molecule has 0 aliphatic rings. The molecule has 4 heteroatoms. The first kappa shape index (κ1) is 11.8. The summed E-state index contributed by atoms with van der Waals surface area (Å²) in [6, 6.07) is 15.4. The average Bonchev–Trinajstić information content (AvgIpc) is 3.14. The van der Waals surface area contributed by atoms with Gasteiger partial charge in [-0.1, -0.05) is 6.07 Å². The summed E-state index contributed by atoms with van der Waals surface area (Å²) < 4.78 is 0. The van der Waals surface area contributed by atoms with Crippen LogP contribution in [0, 0.1) is 0 Å². The van der Waals surface area contributed by atoms with E-state index in [0.29, 0.717) is 5.56 Å². The predicted molar refractivity (Wildman–Crippen MR) is 84.6 cm³/mol. The van der Waals surface area contributed by atoms with E-state index in [9.17, 15) is 4.79 Å². The van der Waals surface area contributed by atoms with Crippen LogP contribution in [0.2, 0.25) is 0 Å². The summed E-state index contributed by atoms with van der Waals surface area (Å²) in [7, 11) is 0. The van der Waals surface area contributed by atoms with Gasteiger partial charge in [-0.3, -0.25) is 4.79 Å². The zero-order valence-corrected chi connectivity index (χ0v) is 11.2. The molecule has 3 N–H and O–H groups in total. The van der Waals surface area contributed by atoms with Gasteiger partial charge in [-0.2, -0.15) is 0 Å². The Kier molecular flexibility index (Phi) is 2.54. The third kappa shape index (κ3) is 1.97. The molecule has 2 heterocycles. The first-order valence-electron chi connectivity index (χ1n) is 6.76. The number of carbonyl (C=O) groups is 1. The Morgan fingerprint density at radius 2 is 1.76 bits per heavy atom. The summed E-state index contributed by atoms with van der Waals surface area (Å²) in [6.07, 6.45) is 3.73. The molecule has 0 fully saturated rings. The van der Waals surface area contributed by atoms with E-state index >= 15 is 0 Å². The van der Waals surface area contributed by atoms with Gasteiger partial charge < -0.3 is 15.3 Å². The van der Waals surface area contributed by atoms with Crippen LogP contribution in [0.1, 0.15) is 10.4 Å². The minimum absolute atomic E-state index is 0.102. The molecule has 0 bridgehead atoms. The minimum atomic E-state index is -0.102. The summed E-state index contributed by atoms with van der Waals surface area (Å²) in [5.74, 6) is -0.102. The molecule has 0 spiro atoms. The second-order valence-corrected chi connectivity index (χ2v) is 4.98. The number of fused-ring (bicyclic) bond motifs is 2. The molecule has 0 atom stereocenters. The Morgan fingerprint density at radius 1 is 0.905 bits per heavy atom. The number of hydrogen-bond donors (Lipinski definition) is 3. The Balaban J connectivity index is 1.70. The normalized spacial score (nSPS) is 11.0. The molecule has 0 aliphatic heterocycles. The molecule has 1 amide bonds. The van der Waals surface area contributed by atoms with E-state index in [1.807, 2.05) is 60.9 Å². The summed E-state index contributed by atoms with van der Waals surface area (Å²) in [4.78, 5) is 18.7. The molecule has 4 nitrogen and oxygen atoms in total. The second-order valence-electron chi connectivity index (χ2n) is 4.98. The van der Waals surface area contributed by atoms with Gasteiger partial charge in [0.1, 0.15) is 0 Å². The molecule has 0 unspecified atom stereocenters. The largest absolute Gasteiger partial charge is 0.361 e. The van der Waals surface area contributed by atoms with Crippen LogP contribution in [-0.4, -0.2) is 15.9 Å². The molecule has 0 radical (unpaired) electrons. The van der Waals surface area contributed by atoms with Gasteiger partial charge in [-0.25, -0.2) is 0 Å². The van der Waals surface area contributed by atoms with E-state index in [-0.39, 0.29) is 5.91 Å². The lowest BCUT2D eigenvalue weighted by molar-refractivity contribution is 0.102. The van der Waals surface area contributed by atoms with Gasteiger partial charge in [-0.15, -0.1) is 0 Å². The molecular formula is C17H13N3O. The zero-order valence-electron chi connectivity index (χ0n) is 11.2. The highest BCUT2D eigenvalue weighted by Gasteiger charge is 2.10. The van der Waals surface area contributed by atoms with E-state index < -0.39 is 0 Å². The Hall–Kier alpha value is -3.01. The van der Waals surface area contributed by atoms with Gasteiger partial charge >= 0.3 is 0 Å². The Morgan fingerprint density at radius 3 is 2.71 bits per heavy atom. The van der Waals surface area contributed by atoms with E-state index in [1.165, 1.54) is 0 Å². The molecule has 0 saturated carbocycles. The first-order valence-corrected chi connectivity index (χ1v) is 6.76. The molecule has 0 saturated heterocycles. The maximum absolute atomic E-state index is 12.5. The van der Waals surface area contributed by atoms with Crippen LogP contribution < -0.4 is 5.32 Å². The summed E-state index contributed by atoms with van der Waals surface area (Å²) in [5.41, 5.74) is 3.48. The number of benzene rings is 2. The van der Waals surface area contributed by atoms with E-state index in [4.69, 9.17) is 0 Å². The SMILES string of the molecule is O=C(Nc1ccc2[nH]ccc2c1)c1cccc2[nH]ccc12. The summed E-state index contributed by atoms with van der Waals surface area (Å²) in [6.45, 7) is 0. The molecular weight excluding hydrogens is 262 g/mol. The van der Waals surface area contributed by atoms with E-state index in [0.717, 1.165) is 27.5 Å². The number of carbonyl (C=O) groups excluding carboxylic acids is 1. The smallest absolute Gasteiger partial charge is 0.256 e. The number of aromatic amines is 2. The van der Waals surface area contributed by atoms with Crippen LogP contribution in [0.15, 0.2) is 60.9 Å². The lowest BCUT2D eigenvalue weighted by Gasteiger charge is -2.06. The second kappa shape index (κ2) is 4.52. The van der Waals surface area contributed by atoms with Crippen LogP contribution in [0.3, 0.4) is 0 Å². The number of nitrogens with one attached hydrogen (secondary N) is 3. The highest BCUT2D eigenvalue weighted by molar-refractivity contribution is 6.12. The average molecular weight is 275 g/mol. The monoisotopic (exact) mass is 275 g/mol. The quantitative estimate of drug-likeness (QED) is 0.510. The van der Waals surface area contributed by atoms with Crippen LogP contribution in [0.4, 0.5) is 5.69 Å². The van der Waals surface area contributed by atoms with Crippen LogP contribution in [0.25, 0.3) is 21.8 Å². The number of anilines is 1. The Labute approximate surface area is 120 Å². The van der Waals surface area contributed by atoms with Crippen LogP contribution in [0.5, 0.6) is 0 Å². The van der Waals surface area contributed by atoms with Crippen molar-refractivity contribution in [1.29, 1.82) is 0 Å². The summed E-state index contributed by atoms with van der Waals surface area (Å²) >= 11 is 0. The lowest BCUT2D eigenvalue weighted by Crippen LogP contribution is -2.12. The van der Waals surface area contributed by atoms with Crippen molar-refractivity contribution in [2.24, 2.45) is 0 Å². The first-order chi connectivity index (χ1) is 10.3. The molecule has 4 aromatic rings. The van der Waals surface area contributed by atoms with Crippen molar-refractivity contribution >= 4 is 33.4 Å². The van der Waals surface area contributed by atoms with Crippen molar-refractivity contribution < 1.29 is 4.79 Å². The fourth-order valence-corrected chi connectivity index (χ4v) is 2.61. The highest BCUT2D eigenvalue weighted by Crippen LogP contribution is 2.21. The van der Waals surface area contributed by atoms with Crippen molar-refractivity contribution in [2.45, 2.75) is 0 Å². The maximum atomic E-state index is 12.5. The van der Waals surface area contributed by atoms with Gasteiger partial charge in [0.05, 0.1) is 0 Å². The lowest BCUT2D eigenvalue weighted by atomic mass is 10.1. The van der Waals surface area contributed by atoms with Gasteiger partial charge in [0, 0.05) is 45.5 Å². The number of hydrogen-bond acceptors (Lipinski definition) is 1. The van der Waals surface area contributed by atoms with Crippen LogP contribution >= 0.6 is 0 Å². The van der Waals surface area contributed by atoms with E-state index in [1.54, 1.807) is 0 Å². The van der Waals surface area contributed by atoms with Crippen molar-refractivity contribution in [2.75, 3.05) is 5.32 Å². The van der Waals surface area contributed by atoms with Gasteiger partial charge in [0.15, 0.2) is 0 Å². The molecule has 21 heavy (non-hydrogen) atoms. The van der Waals surface area contributed by atoms with Crippen molar-refractivity contribution in [3.8, 4) is 0 Å². The predicted octanol–water partition coefficient (Wildman–Crippen LogP) is 3.90. The number of amides is 1. The van der Waals surface area contributed by atoms with E-state index in [2.05, 4.69) is 15.3 Å². The standard InChI is InChI=1S/C17H13N3O/c21-17(14-2-1-3-16-13(14)7-9-19-16)20-12-4-5-15-11(10-12)6-8-18-15/h1-10,18-19H,(H,20,21). The summed E-state index contributed by atoms with van der Waals surface area (Å²) in [5, 5.41) is 4.96. The molecule has 2 aromatic heterocycles. The minimum Gasteiger partial charge on any atom is -0.361 e. The zero-order chi connectivity index (χ0) is 14.2. The molecule has 0 aliphatic carbocycles. The third-order valence-corrected chi connectivity index (χ3v) is 3.65. The van der Waals surface area contributed by atoms with Crippen molar-refractivity contribution in [1.82, 2.24) is 9.97 Å². The fraction of sp³-hybridized carbons (Fsp3) is 0. The van der Waals surface area contributed by atoms with Crippen molar-refractivity contribution in [3.05, 3.63) is 66.5 Å². The van der Waals surface area contributed by atoms with Gasteiger partial charge in [-0.05, 0) is 42.5 Å². The number of H-pyrrole nitrogens is 2. The number of aromatic nitrogens is 2. The maximum Gasteiger partial charge on any atom is 0.256 e. The van der Waals surface area contributed by atoms with Crippen LogP contribution in [-0.2, 0) is 0 Å². The molecule has 2 aromatic carbocycles. The van der Waals surface area contributed by atoms with Gasteiger partial charge in [0.2, 0.25) is 0 Å². The number of rotatable bonds is 2. The van der Waals surface area contributed by atoms with Crippen molar-refractivity contribution in [3.63, 3.8) is 0 Å². The highest BCUT2D eigenvalue weighted by atomic mass is 16.1. The van der Waals surface area contributed by atoms with Gasteiger partial charge in [0.25, 0.3) is 5.91 Å². The topological polar surface area (TPSA) is 60.7 Å². The molecule has 4 rings (SSSR count). The fourth-order valence-electron chi connectivity index (χ4n) is 2.61. The third-order valence-electron chi connectivity index (χ3n) is 3.65. The molecule has 102 valence electrons.